The lowest BCUT2D eigenvalue weighted by atomic mass is 9.98. The van der Waals surface area contributed by atoms with E-state index in [4.69, 9.17) is 0 Å². The fourth-order valence-electron chi connectivity index (χ4n) is 2.46. The molecule has 5 nitrogen and oxygen atoms in total. The van der Waals surface area contributed by atoms with E-state index in [0.717, 1.165) is 10.5 Å². The van der Waals surface area contributed by atoms with Crippen molar-refractivity contribution in [3.63, 3.8) is 0 Å². The van der Waals surface area contributed by atoms with Crippen LogP contribution in [0.4, 0.5) is 4.79 Å². The third-order valence-corrected chi connectivity index (χ3v) is 4.72. The van der Waals surface area contributed by atoms with Crippen LogP contribution < -0.4 is 15.6 Å². The maximum absolute atomic E-state index is 11.9. The van der Waals surface area contributed by atoms with Gasteiger partial charge in [-0.25, -0.2) is 15.2 Å². The Balaban J connectivity index is 1.54. The van der Waals surface area contributed by atoms with Gasteiger partial charge in [-0.3, -0.25) is 10.1 Å². The van der Waals surface area contributed by atoms with E-state index < -0.39 is 0 Å². The number of urea groups is 1. The van der Waals surface area contributed by atoms with Gasteiger partial charge >= 0.3 is 6.03 Å². The molecule has 1 heterocycles. The van der Waals surface area contributed by atoms with E-state index in [0.29, 0.717) is 12.3 Å². The molecule has 0 aliphatic carbocycles. The first-order chi connectivity index (χ1) is 12.1. The van der Waals surface area contributed by atoms with Crippen molar-refractivity contribution in [3.05, 3.63) is 70.9 Å². The molecule has 1 aliphatic heterocycles. The highest BCUT2D eigenvalue weighted by molar-refractivity contribution is 7.98. The van der Waals surface area contributed by atoms with Gasteiger partial charge in [-0.15, -0.1) is 0 Å². The van der Waals surface area contributed by atoms with Crippen LogP contribution in [0.25, 0.3) is 6.08 Å². The van der Waals surface area contributed by atoms with Crippen LogP contribution in [-0.4, -0.2) is 11.9 Å². The quantitative estimate of drug-likeness (QED) is 0.570. The van der Waals surface area contributed by atoms with E-state index in [1.54, 1.807) is 6.20 Å². The van der Waals surface area contributed by atoms with Crippen LogP contribution in [0.2, 0.25) is 0 Å². The predicted octanol–water partition coefficient (Wildman–Crippen LogP) is 3.74. The van der Waals surface area contributed by atoms with Gasteiger partial charge in [0, 0.05) is 17.5 Å². The van der Waals surface area contributed by atoms with Gasteiger partial charge in [-0.2, -0.15) is 0 Å². The van der Waals surface area contributed by atoms with E-state index in [-0.39, 0.29) is 6.03 Å². The molecule has 0 saturated heterocycles. The van der Waals surface area contributed by atoms with Gasteiger partial charge in [0.15, 0.2) is 0 Å². The number of hydrogen-bond donors (Lipinski definition) is 3. The largest absolute Gasteiger partial charge is 0.343 e. The molecule has 1 aliphatic rings. The van der Waals surface area contributed by atoms with Gasteiger partial charge in [0.05, 0.1) is 0 Å². The van der Waals surface area contributed by atoms with E-state index >= 15 is 0 Å². The monoisotopic (exact) mass is 352 g/mol. The lowest BCUT2D eigenvalue weighted by molar-refractivity contribution is 0.244. The molecule has 0 unspecified atom stereocenters. The Morgan fingerprint density at radius 2 is 1.88 bits per heavy atom. The average molecular weight is 352 g/mol. The van der Waals surface area contributed by atoms with Crippen molar-refractivity contribution in [2.75, 3.05) is 0 Å². The number of aliphatic imine (C=N–C) groups is 1. The highest BCUT2D eigenvalue weighted by Gasteiger charge is 2.10. The van der Waals surface area contributed by atoms with Crippen LogP contribution in [0, 0.1) is 13.8 Å². The topological polar surface area (TPSA) is 65.5 Å². The maximum atomic E-state index is 11.9. The lowest BCUT2D eigenvalue weighted by Gasteiger charge is -2.13. The highest BCUT2D eigenvalue weighted by atomic mass is 32.2. The zero-order chi connectivity index (χ0) is 17.6. The summed E-state index contributed by atoms with van der Waals surface area (Å²) in [6, 6.07) is 13.6. The van der Waals surface area contributed by atoms with Gasteiger partial charge in [0.2, 0.25) is 0 Å². The minimum atomic E-state index is -0.329. The van der Waals surface area contributed by atoms with Crippen LogP contribution in [0.15, 0.2) is 58.6 Å². The maximum Gasteiger partial charge on any atom is 0.343 e. The first kappa shape index (κ1) is 17.1. The number of amidine groups is 1. The van der Waals surface area contributed by atoms with Crippen molar-refractivity contribution >= 4 is 29.9 Å². The summed E-state index contributed by atoms with van der Waals surface area (Å²) < 4.78 is 2.72. The van der Waals surface area contributed by atoms with Gasteiger partial charge < -0.3 is 0 Å². The van der Waals surface area contributed by atoms with E-state index in [9.17, 15) is 4.79 Å². The molecule has 0 bridgehead atoms. The Kier molecular flexibility index (Phi) is 5.40. The van der Waals surface area contributed by atoms with Gasteiger partial charge in [-0.1, -0.05) is 30.3 Å². The molecule has 0 spiro atoms. The van der Waals surface area contributed by atoms with Crippen molar-refractivity contribution < 1.29 is 4.79 Å². The molecule has 0 aromatic heterocycles. The summed E-state index contributed by atoms with van der Waals surface area (Å²) in [5.41, 5.74) is 10.4. The summed E-state index contributed by atoms with van der Waals surface area (Å²) in [6.45, 7) is 4.20. The summed E-state index contributed by atoms with van der Waals surface area (Å²) in [5.74, 6) is 0.693. The van der Waals surface area contributed by atoms with Crippen LogP contribution in [-0.2, 0) is 6.42 Å². The predicted molar refractivity (Wildman–Crippen MR) is 103 cm³/mol. The minimum absolute atomic E-state index is 0.329. The molecule has 0 atom stereocenters. The lowest BCUT2D eigenvalue weighted by Crippen LogP contribution is -2.45. The molecular weight excluding hydrogens is 332 g/mol. The number of rotatable bonds is 2. The van der Waals surface area contributed by atoms with Gasteiger partial charge in [0.1, 0.15) is 5.84 Å². The normalized spacial score (nSPS) is 12.6. The molecule has 2 aromatic rings. The standard InChI is InChI=1S/C19H20N4OS/c1-13-10-15-8-9-20-18(12-16(15)11-14(13)2)21-22-19(24)23-25-17-6-4-3-5-7-17/h3-11H,12H2,1-2H3,(H,20,21)(H2,22,23,24). The number of carbonyl (C=O) groups is 1. The molecule has 2 amide bonds. The molecule has 25 heavy (non-hydrogen) atoms. The Hall–Kier alpha value is -2.73. The van der Waals surface area contributed by atoms with Crippen molar-refractivity contribution in [2.24, 2.45) is 4.99 Å². The summed E-state index contributed by atoms with van der Waals surface area (Å²) in [6.07, 6.45) is 4.37. The van der Waals surface area contributed by atoms with E-state index in [1.807, 2.05) is 36.4 Å². The third-order valence-electron chi connectivity index (χ3n) is 3.92. The SMILES string of the molecule is Cc1cc2c(cc1C)CC(NNC(=O)NSc1ccccc1)=NC=C2. The number of benzene rings is 2. The molecule has 0 saturated carbocycles. The Labute approximate surface area is 151 Å². The molecular formula is C19H20N4OS. The second-order valence-corrected chi connectivity index (χ2v) is 6.68. The number of hydrogen-bond acceptors (Lipinski definition) is 4. The van der Waals surface area contributed by atoms with Crippen LogP contribution in [0.3, 0.4) is 0 Å². The van der Waals surface area contributed by atoms with E-state index in [1.165, 1.54) is 28.6 Å². The first-order valence-corrected chi connectivity index (χ1v) is 8.81. The molecule has 0 fully saturated rings. The van der Waals surface area contributed by atoms with Crippen molar-refractivity contribution in [1.29, 1.82) is 0 Å². The number of carbonyl (C=O) groups excluding carboxylic acids is 1. The zero-order valence-electron chi connectivity index (χ0n) is 14.2. The van der Waals surface area contributed by atoms with Crippen LogP contribution >= 0.6 is 11.9 Å². The smallest absolute Gasteiger partial charge is 0.284 e. The molecule has 3 N–H and O–H groups in total. The number of amides is 2. The number of hydrazine groups is 1. The van der Waals surface area contributed by atoms with Crippen molar-refractivity contribution in [3.8, 4) is 0 Å². The van der Waals surface area contributed by atoms with Gasteiger partial charge in [0.25, 0.3) is 0 Å². The Morgan fingerprint density at radius 1 is 1.12 bits per heavy atom. The second-order valence-electron chi connectivity index (χ2n) is 5.80. The van der Waals surface area contributed by atoms with Crippen LogP contribution in [0.1, 0.15) is 22.3 Å². The number of nitrogens with zero attached hydrogens (tertiary/aromatic N) is 1. The number of aryl methyl sites for hydroxylation is 2. The molecule has 0 radical (unpaired) electrons. The van der Waals surface area contributed by atoms with Gasteiger partial charge in [-0.05, 0) is 66.3 Å². The summed E-state index contributed by atoms with van der Waals surface area (Å²) in [4.78, 5) is 17.2. The number of fused-ring (bicyclic) bond motifs is 1. The first-order valence-electron chi connectivity index (χ1n) is 7.99. The van der Waals surface area contributed by atoms with Crippen molar-refractivity contribution in [1.82, 2.24) is 15.6 Å². The van der Waals surface area contributed by atoms with Crippen molar-refractivity contribution in [2.45, 2.75) is 25.2 Å². The average Bonchev–Trinajstić information content (AvgIpc) is 2.81. The third kappa shape index (κ3) is 4.64. The Morgan fingerprint density at radius 3 is 2.68 bits per heavy atom. The molecule has 2 aromatic carbocycles. The molecule has 3 rings (SSSR count). The van der Waals surface area contributed by atoms with E-state index in [2.05, 4.69) is 46.5 Å². The summed E-state index contributed by atoms with van der Waals surface area (Å²) >= 11 is 1.26. The summed E-state index contributed by atoms with van der Waals surface area (Å²) in [7, 11) is 0. The minimum Gasteiger partial charge on any atom is -0.284 e. The fourth-order valence-corrected chi connectivity index (χ4v) is 3.02. The zero-order valence-corrected chi connectivity index (χ0v) is 15.0. The highest BCUT2D eigenvalue weighted by Crippen LogP contribution is 2.20. The fraction of sp³-hybridized carbons (Fsp3) is 0.158. The number of nitrogens with one attached hydrogen (secondary N) is 3. The van der Waals surface area contributed by atoms with Crippen LogP contribution in [0.5, 0.6) is 0 Å². The Bertz CT molecular complexity index is 831. The summed E-state index contributed by atoms with van der Waals surface area (Å²) in [5, 5.41) is 0. The second kappa shape index (κ2) is 7.90. The molecule has 6 heteroatoms. The molecule has 128 valence electrons.